The minimum atomic E-state index is -0.185. The van der Waals surface area contributed by atoms with E-state index >= 15 is 0 Å². The van der Waals surface area contributed by atoms with E-state index in [0.29, 0.717) is 22.7 Å². The summed E-state index contributed by atoms with van der Waals surface area (Å²) < 4.78 is 1.78. The Morgan fingerprint density at radius 3 is 2.79 bits per heavy atom. The Balaban J connectivity index is 1.63. The van der Waals surface area contributed by atoms with Crippen molar-refractivity contribution < 1.29 is 9.59 Å². The van der Waals surface area contributed by atoms with Crippen LogP contribution in [0.1, 0.15) is 11.4 Å². The number of rotatable bonds is 9. The highest BCUT2D eigenvalue weighted by molar-refractivity contribution is 7.99. The molecule has 3 aromatic rings. The third-order valence-corrected chi connectivity index (χ3v) is 5.51. The van der Waals surface area contributed by atoms with Crippen LogP contribution in [0.15, 0.2) is 53.7 Å². The first-order chi connectivity index (χ1) is 14.1. The number of hydrogen-bond acceptors (Lipinski definition) is 7. The van der Waals surface area contributed by atoms with E-state index in [0.717, 1.165) is 11.3 Å². The summed E-state index contributed by atoms with van der Waals surface area (Å²) in [6, 6.07) is 7.57. The van der Waals surface area contributed by atoms with Crippen molar-refractivity contribution in [1.29, 1.82) is 0 Å². The lowest BCUT2D eigenvalue weighted by Crippen LogP contribution is -2.18. The smallest absolute Gasteiger partial charge is 0.236 e. The van der Waals surface area contributed by atoms with Crippen molar-refractivity contribution in [2.24, 2.45) is 0 Å². The first kappa shape index (κ1) is 20.7. The van der Waals surface area contributed by atoms with Crippen LogP contribution in [0.25, 0.3) is 0 Å². The van der Waals surface area contributed by atoms with Crippen LogP contribution in [0.3, 0.4) is 0 Å². The third kappa shape index (κ3) is 5.75. The van der Waals surface area contributed by atoms with Gasteiger partial charge in [-0.2, -0.15) is 0 Å². The van der Waals surface area contributed by atoms with Gasteiger partial charge in [0.1, 0.15) is 5.82 Å². The van der Waals surface area contributed by atoms with E-state index in [1.165, 1.54) is 23.1 Å². The lowest BCUT2D eigenvalue weighted by Gasteiger charge is -2.09. The SMILES string of the molecule is C=CCn1c(CC(=O)Nc2ccccc2C)nnc1SCC(=O)Nc1nccs1. The van der Waals surface area contributed by atoms with Crippen molar-refractivity contribution in [1.82, 2.24) is 19.7 Å². The summed E-state index contributed by atoms with van der Waals surface area (Å²) in [5.74, 6) is 0.301. The number of thiazole rings is 1. The number of carbonyl (C=O) groups is 2. The van der Waals surface area contributed by atoms with E-state index in [4.69, 9.17) is 0 Å². The normalized spacial score (nSPS) is 10.5. The van der Waals surface area contributed by atoms with Gasteiger partial charge < -0.3 is 15.2 Å². The molecule has 150 valence electrons. The molecule has 0 aliphatic rings. The van der Waals surface area contributed by atoms with Crippen molar-refractivity contribution in [3.63, 3.8) is 0 Å². The fourth-order valence-electron chi connectivity index (χ4n) is 2.49. The minimum absolute atomic E-state index is 0.0705. The zero-order chi connectivity index (χ0) is 20.6. The molecule has 2 amide bonds. The quantitative estimate of drug-likeness (QED) is 0.401. The maximum atomic E-state index is 12.4. The molecule has 0 radical (unpaired) electrons. The van der Waals surface area contributed by atoms with E-state index in [9.17, 15) is 9.59 Å². The van der Waals surface area contributed by atoms with Gasteiger partial charge in [-0.25, -0.2) is 4.98 Å². The number of nitrogens with one attached hydrogen (secondary N) is 2. The summed E-state index contributed by atoms with van der Waals surface area (Å²) in [6.07, 6.45) is 3.40. The van der Waals surface area contributed by atoms with E-state index in [-0.39, 0.29) is 24.0 Å². The second-order valence-electron chi connectivity index (χ2n) is 6.01. The van der Waals surface area contributed by atoms with Crippen LogP contribution in [0.4, 0.5) is 10.8 Å². The van der Waals surface area contributed by atoms with Gasteiger partial charge >= 0.3 is 0 Å². The molecule has 1 aromatic carbocycles. The molecule has 0 aliphatic heterocycles. The molecule has 0 fully saturated rings. The number of nitrogens with zero attached hydrogens (tertiary/aromatic N) is 4. The molecule has 0 atom stereocenters. The maximum Gasteiger partial charge on any atom is 0.236 e. The zero-order valence-electron chi connectivity index (χ0n) is 15.8. The Hall–Kier alpha value is -2.98. The van der Waals surface area contributed by atoms with Crippen molar-refractivity contribution in [2.45, 2.75) is 25.0 Å². The largest absolute Gasteiger partial charge is 0.325 e. The summed E-state index contributed by atoms with van der Waals surface area (Å²) in [7, 11) is 0. The molecule has 0 saturated heterocycles. The zero-order valence-corrected chi connectivity index (χ0v) is 17.4. The third-order valence-electron chi connectivity index (χ3n) is 3.85. The van der Waals surface area contributed by atoms with Gasteiger partial charge in [-0.1, -0.05) is 36.0 Å². The maximum absolute atomic E-state index is 12.4. The van der Waals surface area contributed by atoms with Crippen molar-refractivity contribution in [3.8, 4) is 0 Å². The molecular weight excluding hydrogens is 408 g/mol. The Morgan fingerprint density at radius 1 is 1.24 bits per heavy atom. The molecule has 0 aliphatic carbocycles. The van der Waals surface area contributed by atoms with Gasteiger partial charge in [0.15, 0.2) is 10.3 Å². The van der Waals surface area contributed by atoms with E-state index in [1.54, 1.807) is 22.2 Å². The van der Waals surface area contributed by atoms with Gasteiger partial charge in [-0.05, 0) is 18.6 Å². The van der Waals surface area contributed by atoms with Crippen LogP contribution in [0, 0.1) is 6.92 Å². The number of amides is 2. The number of allylic oxidation sites excluding steroid dienone is 1. The molecule has 0 saturated carbocycles. The highest BCUT2D eigenvalue weighted by Gasteiger charge is 2.17. The molecular formula is C19H20N6O2S2. The summed E-state index contributed by atoms with van der Waals surface area (Å²) in [6.45, 7) is 6.12. The van der Waals surface area contributed by atoms with Crippen molar-refractivity contribution in [3.05, 3.63) is 59.9 Å². The Labute approximate surface area is 176 Å². The molecule has 0 unspecified atom stereocenters. The summed E-state index contributed by atoms with van der Waals surface area (Å²) in [5, 5.41) is 16.8. The molecule has 29 heavy (non-hydrogen) atoms. The monoisotopic (exact) mass is 428 g/mol. The van der Waals surface area contributed by atoms with Gasteiger partial charge in [-0.3, -0.25) is 9.59 Å². The number of para-hydroxylation sites is 1. The summed E-state index contributed by atoms with van der Waals surface area (Å²) in [5.41, 5.74) is 1.75. The lowest BCUT2D eigenvalue weighted by atomic mass is 10.2. The van der Waals surface area contributed by atoms with Crippen LogP contribution in [0.5, 0.6) is 0 Å². The Bertz CT molecular complexity index is 1000. The van der Waals surface area contributed by atoms with Gasteiger partial charge in [-0.15, -0.1) is 28.1 Å². The van der Waals surface area contributed by atoms with Gasteiger partial charge in [0.25, 0.3) is 0 Å². The highest BCUT2D eigenvalue weighted by atomic mass is 32.2. The molecule has 0 bridgehead atoms. The van der Waals surface area contributed by atoms with Crippen LogP contribution in [-0.4, -0.2) is 37.3 Å². The van der Waals surface area contributed by atoms with E-state index < -0.39 is 0 Å². The van der Waals surface area contributed by atoms with E-state index in [1.807, 2.05) is 31.2 Å². The van der Waals surface area contributed by atoms with Crippen LogP contribution >= 0.6 is 23.1 Å². The molecule has 8 nitrogen and oxygen atoms in total. The first-order valence-electron chi connectivity index (χ1n) is 8.77. The number of anilines is 2. The Morgan fingerprint density at radius 2 is 2.07 bits per heavy atom. The second kappa shape index (κ2) is 9.99. The number of hydrogen-bond donors (Lipinski definition) is 2. The number of thioether (sulfide) groups is 1. The minimum Gasteiger partial charge on any atom is -0.325 e. The highest BCUT2D eigenvalue weighted by Crippen LogP contribution is 2.19. The average molecular weight is 429 g/mol. The fourth-order valence-corrected chi connectivity index (χ4v) is 3.80. The molecule has 3 rings (SSSR count). The lowest BCUT2D eigenvalue weighted by molar-refractivity contribution is -0.116. The van der Waals surface area contributed by atoms with Crippen LogP contribution in [0.2, 0.25) is 0 Å². The molecule has 2 aromatic heterocycles. The fraction of sp³-hybridized carbons (Fsp3) is 0.211. The topological polar surface area (TPSA) is 102 Å². The summed E-state index contributed by atoms with van der Waals surface area (Å²) in [4.78, 5) is 28.5. The van der Waals surface area contributed by atoms with Crippen molar-refractivity contribution in [2.75, 3.05) is 16.4 Å². The number of benzene rings is 1. The van der Waals surface area contributed by atoms with Gasteiger partial charge in [0.2, 0.25) is 11.8 Å². The number of carbonyl (C=O) groups excluding carboxylic acids is 2. The second-order valence-corrected chi connectivity index (χ2v) is 7.85. The van der Waals surface area contributed by atoms with E-state index in [2.05, 4.69) is 32.4 Å². The molecule has 10 heteroatoms. The first-order valence-corrected chi connectivity index (χ1v) is 10.6. The van der Waals surface area contributed by atoms with Gasteiger partial charge in [0.05, 0.1) is 12.2 Å². The standard InChI is InChI=1S/C19H20N6O2S2/c1-3-9-25-15(11-16(26)21-14-7-5-4-6-13(14)2)23-24-19(25)29-12-17(27)22-18-20-8-10-28-18/h3-8,10H,1,9,11-12H2,2H3,(H,21,26)(H,20,22,27). The van der Waals surface area contributed by atoms with Crippen molar-refractivity contribution >= 4 is 45.7 Å². The van der Waals surface area contributed by atoms with Gasteiger partial charge in [0, 0.05) is 23.8 Å². The number of aromatic nitrogens is 4. The van der Waals surface area contributed by atoms with Crippen LogP contribution < -0.4 is 10.6 Å². The van der Waals surface area contributed by atoms with Crippen LogP contribution in [-0.2, 0) is 22.6 Å². The molecule has 2 heterocycles. The Kier molecular flexibility index (Phi) is 7.14. The predicted molar refractivity (Wildman–Crippen MR) is 115 cm³/mol. The summed E-state index contributed by atoms with van der Waals surface area (Å²) >= 11 is 2.60. The average Bonchev–Trinajstić information content (AvgIpc) is 3.33. The number of aryl methyl sites for hydroxylation is 1. The molecule has 2 N–H and O–H groups in total. The predicted octanol–water partition coefficient (Wildman–Crippen LogP) is 3.14. The molecule has 0 spiro atoms.